The van der Waals surface area contributed by atoms with Gasteiger partial charge in [0.15, 0.2) is 0 Å². The highest BCUT2D eigenvalue weighted by Crippen LogP contribution is 2.34. The summed E-state index contributed by atoms with van der Waals surface area (Å²) in [6, 6.07) is 13.5. The summed E-state index contributed by atoms with van der Waals surface area (Å²) in [4.78, 5) is 4.30. The highest BCUT2D eigenvalue weighted by Gasteiger charge is 2.08. The number of halogens is 1. The molecule has 0 bridgehead atoms. The van der Waals surface area contributed by atoms with E-state index in [4.69, 9.17) is 10.5 Å². The normalized spacial score (nSPS) is 10.6. The Morgan fingerprint density at radius 3 is 2.81 bits per heavy atom. The minimum atomic E-state index is 0.676. The lowest BCUT2D eigenvalue weighted by atomic mass is 10.1. The van der Waals surface area contributed by atoms with Crippen molar-refractivity contribution in [1.82, 2.24) is 4.98 Å². The van der Waals surface area contributed by atoms with Gasteiger partial charge >= 0.3 is 0 Å². The molecule has 0 aliphatic carbocycles. The van der Waals surface area contributed by atoms with E-state index in [1.165, 1.54) is 0 Å². The molecule has 0 spiro atoms. The van der Waals surface area contributed by atoms with Crippen molar-refractivity contribution in [3.05, 3.63) is 53.1 Å². The number of hydrogen-bond donors (Lipinski definition) is 2. The van der Waals surface area contributed by atoms with Crippen molar-refractivity contribution in [3.8, 4) is 5.75 Å². The van der Waals surface area contributed by atoms with Crippen LogP contribution in [0.2, 0.25) is 0 Å². The first kappa shape index (κ1) is 13.7. The van der Waals surface area contributed by atoms with Crippen LogP contribution in [-0.2, 0) is 0 Å². The van der Waals surface area contributed by atoms with Crippen LogP contribution in [0.4, 0.5) is 17.1 Å². The SMILES string of the molecule is COc1ccc(Br)c(Nc2ccc3ncccc3c2N)c1. The van der Waals surface area contributed by atoms with Crippen molar-refractivity contribution >= 4 is 43.9 Å². The molecule has 3 rings (SSSR count). The quantitative estimate of drug-likeness (QED) is 0.694. The Labute approximate surface area is 131 Å². The minimum absolute atomic E-state index is 0.676. The van der Waals surface area contributed by atoms with E-state index < -0.39 is 0 Å². The lowest BCUT2D eigenvalue weighted by Gasteiger charge is -2.13. The number of benzene rings is 2. The average molecular weight is 344 g/mol. The van der Waals surface area contributed by atoms with Gasteiger partial charge in [-0.2, -0.15) is 0 Å². The summed E-state index contributed by atoms with van der Waals surface area (Å²) >= 11 is 3.52. The molecule has 0 unspecified atom stereocenters. The summed E-state index contributed by atoms with van der Waals surface area (Å²) < 4.78 is 6.18. The monoisotopic (exact) mass is 343 g/mol. The summed E-state index contributed by atoms with van der Waals surface area (Å²) in [5.74, 6) is 0.779. The zero-order valence-electron chi connectivity index (χ0n) is 11.4. The number of methoxy groups -OCH3 is 1. The van der Waals surface area contributed by atoms with E-state index in [1.807, 2.05) is 42.5 Å². The number of rotatable bonds is 3. The molecule has 5 heteroatoms. The summed E-state index contributed by atoms with van der Waals surface area (Å²) in [6.45, 7) is 0. The van der Waals surface area contributed by atoms with E-state index in [9.17, 15) is 0 Å². The molecule has 0 saturated heterocycles. The second-order valence-corrected chi connectivity index (χ2v) is 5.42. The number of ether oxygens (including phenoxy) is 1. The third-order valence-corrected chi connectivity index (χ3v) is 3.96. The smallest absolute Gasteiger partial charge is 0.121 e. The molecule has 0 aliphatic rings. The number of anilines is 3. The highest BCUT2D eigenvalue weighted by molar-refractivity contribution is 9.10. The van der Waals surface area contributed by atoms with Crippen LogP contribution in [0.15, 0.2) is 53.1 Å². The molecule has 2 aromatic carbocycles. The Balaban J connectivity index is 2.04. The summed E-state index contributed by atoms with van der Waals surface area (Å²) in [6.07, 6.45) is 1.76. The fourth-order valence-electron chi connectivity index (χ4n) is 2.16. The van der Waals surface area contributed by atoms with Crippen molar-refractivity contribution in [1.29, 1.82) is 0 Å². The van der Waals surface area contributed by atoms with Crippen molar-refractivity contribution in [2.75, 3.05) is 18.2 Å². The highest BCUT2D eigenvalue weighted by atomic mass is 79.9. The van der Waals surface area contributed by atoms with Crippen LogP contribution in [-0.4, -0.2) is 12.1 Å². The van der Waals surface area contributed by atoms with E-state index >= 15 is 0 Å². The summed E-state index contributed by atoms with van der Waals surface area (Å²) in [7, 11) is 1.64. The number of aromatic nitrogens is 1. The van der Waals surface area contributed by atoms with Crippen LogP contribution in [0, 0.1) is 0 Å². The number of hydrogen-bond acceptors (Lipinski definition) is 4. The maximum absolute atomic E-state index is 6.24. The molecule has 0 fully saturated rings. The summed E-state index contributed by atoms with van der Waals surface area (Å²) in [5, 5.41) is 4.26. The van der Waals surface area contributed by atoms with Crippen molar-refractivity contribution in [3.63, 3.8) is 0 Å². The predicted molar refractivity (Wildman–Crippen MR) is 90.1 cm³/mol. The average Bonchev–Trinajstić information content (AvgIpc) is 2.52. The van der Waals surface area contributed by atoms with Crippen LogP contribution < -0.4 is 15.8 Å². The fourth-order valence-corrected chi connectivity index (χ4v) is 2.50. The molecule has 1 heterocycles. The van der Waals surface area contributed by atoms with Crippen molar-refractivity contribution < 1.29 is 4.74 Å². The van der Waals surface area contributed by atoms with Crippen molar-refractivity contribution in [2.24, 2.45) is 0 Å². The molecule has 4 nitrogen and oxygen atoms in total. The third-order valence-electron chi connectivity index (χ3n) is 3.27. The Hall–Kier alpha value is -2.27. The topological polar surface area (TPSA) is 60.2 Å². The first-order valence-electron chi connectivity index (χ1n) is 6.43. The van der Waals surface area contributed by atoms with Gasteiger partial charge in [0, 0.05) is 22.1 Å². The van der Waals surface area contributed by atoms with Gasteiger partial charge in [-0.3, -0.25) is 4.98 Å². The first-order valence-corrected chi connectivity index (χ1v) is 7.22. The molecule has 3 N–H and O–H groups in total. The van der Waals surface area contributed by atoms with Gasteiger partial charge in [0.25, 0.3) is 0 Å². The number of pyridine rings is 1. The molecular weight excluding hydrogens is 330 g/mol. The maximum atomic E-state index is 6.24. The predicted octanol–water partition coefficient (Wildman–Crippen LogP) is 4.33. The third kappa shape index (κ3) is 2.64. The molecule has 0 radical (unpaired) electrons. The Bertz CT molecular complexity index is 805. The Morgan fingerprint density at radius 1 is 1.14 bits per heavy atom. The molecule has 106 valence electrons. The van der Waals surface area contributed by atoms with Gasteiger partial charge in [-0.1, -0.05) is 0 Å². The molecule has 1 aromatic heterocycles. The molecule has 0 saturated carbocycles. The number of nitrogen functional groups attached to an aromatic ring is 1. The van der Waals surface area contributed by atoms with Gasteiger partial charge in [0.1, 0.15) is 5.75 Å². The summed E-state index contributed by atoms with van der Waals surface area (Å²) in [5.41, 5.74) is 9.52. The zero-order chi connectivity index (χ0) is 14.8. The van der Waals surface area contributed by atoms with E-state index in [0.717, 1.165) is 32.5 Å². The van der Waals surface area contributed by atoms with E-state index in [0.29, 0.717) is 5.69 Å². The van der Waals surface area contributed by atoms with Gasteiger partial charge in [-0.25, -0.2) is 0 Å². The second kappa shape index (κ2) is 5.61. The number of nitrogens with zero attached hydrogens (tertiary/aromatic N) is 1. The molecule has 3 aromatic rings. The van der Waals surface area contributed by atoms with Crippen molar-refractivity contribution in [2.45, 2.75) is 0 Å². The van der Waals surface area contributed by atoms with Crippen LogP contribution in [0.3, 0.4) is 0 Å². The number of nitrogens with two attached hydrogens (primary N) is 1. The molecule has 0 amide bonds. The Morgan fingerprint density at radius 2 is 2.00 bits per heavy atom. The van der Waals surface area contributed by atoms with Gasteiger partial charge in [-0.15, -0.1) is 0 Å². The van der Waals surface area contributed by atoms with Crippen LogP contribution in [0.25, 0.3) is 10.9 Å². The fraction of sp³-hybridized carbons (Fsp3) is 0.0625. The van der Waals surface area contributed by atoms with Gasteiger partial charge in [0.2, 0.25) is 0 Å². The van der Waals surface area contributed by atoms with E-state index in [1.54, 1.807) is 13.3 Å². The molecule has 21 heavy (non-hydrogen) atoms. The van der Waals surface area contributed by atoms with Crippen LogP contribution in [0.1, 0.15) is 0 Å². The van der Waals surface area contributed by atoms with E-state index in [-0.39, 0.29) is 0 Å². The van der Waals surface area contributed by atoms with E-state index in [2.05, 4.69) is 26.2 Å². The standard InChI is InChI=1S/C16H14BrN3O/c1-21-10-4-5-12(17)15(9-10)20-14-7-6-13-11(16(14)18)3-2-8-19-13/h2-9,20H,18H2,1H3. The Kier molecular flexibility index (Phi) is 3.66. The minimum Gasteiger partial charge on any atom is -0.497 e. The number of nitrogens with one attached hydrogen (secondary N) is 1. The van der Waals surface area contributed by atoms with Gasteiger partial charge in [0.05, 0.1) is 29.7 Å². The molecule has 0 atom stereocenters. The second-order valence-electron chi connectivity index (χ2n) is 4.57. The van der Waals surface area contributed by atoms with Gasteiger partial charge < -0.3 is 15.8 Å². The first-order chi connectivity index (χ1) is 10.2. The lowest BCUT2D eigenvalue weighted by Crippen LogP contribution is -1.98. The van der Waals surface area contributed by atoms with Gasteiger partial charge in [-0.05, 0) is 52.3 Å². The van der Waals surface area contributed by atoms with Crippen LogP contribution in [0.5, 0.6) is 5.75 Å². The molecule has 0 aliphatic heterocycles. The maximum Gasteiger partial charge on any atom is 0.121 e. The number of fused-ring (bicyclic) bond motifs is 1. The zero-order valence-corrected chi connectivity index (χ0v) is 13.0. The van der Waals surface area contributed by atoms with Crippen LogP contribution >= 0.6 is 15.9 Å². The lowest BCUT2D eigenvalue weighted by molar-refractivity contribution is 0.415. The largest absolute Gasteiger partial charge is 0.497 e. The molecular formula is C16H14BrN3O.